The maximum absolute atomic E-state index is 13.1. The van der Waals surface area contributed by atoms with Crippen molar-refractivity contribution in [2.24, 2.45) is 0 Å². The molecule has 3 rings (SSSR count). The van der Waals surface area contributed by atoms with Gasteiger partial charge in [0.15, 0.2) is 0 Å². The molecule has 26 heavy (non-hydrogen) atoms. The maximum atomic E-state index is 13.1. The van der Waals surface area contributed by atoms with Gasteiger partial charge in [0.2, 0.25) is 5.91 Å². The van der Waals surface area contributed by atoms with Crippen LogP contribution in [-0.2, 0) is 24.1 Å². The molecular weight excluding hydrogens is 347 g/mol. The highest BCUT2D eigenvalue weighted by Crippen LogP contribution is 2.40. The highest BCUT2D eigenvalue weighted by atomic mass is 19.4. The quantitative estimate of drug-likeness (QED) is 0.886. The molecule has 0 aliphatic heterocycles. The number of nitrogens with zero attached hydrogens (tertiary/aromatic N) is 2. The number of hydrogen-bond acceptors (Lipinski definition) is 3. The Morgan fingerprint density at radius 3 is 2.50 bits per heavy atom. The molecule has 8 heteroatoms. The number of benzene rings is 1. The molecule has 1 saturated carbocycles. The summed E-state index contributed by atoms with van der Waals surface area (Å²) in [5.74, 6) is -0.639. The Morgan fingerprint density at radius 2 is 1.92 bits per heavy atom. The summed E-state index contributed by atoms with van der Waals surface area (Å²) in [4.78, 5) is 24.1. The normalized spacial score (nSPS) is 14.3. The number of aromatic nitrogens is 2. The van der Waals surface area contributed by atoms with Gasteiger partial charge in [-0.05, 0) is 31.4 Å². The van der Waals surface area contributed by atoms with Crippen LogP contribution >= 0.6 is 0 Å². The molecule has 1 aliphatic carbocycles. The second-order valence-electron chi connectivity index (χ2n) is 6.48. The van der Waals surface area contributed by atoms with Crippen LogP contribution in [0.5, 0.6) is 0 Å². The first-order valence-electron chi connectivity index (χ1n) is 8.25. The Balaban J connectivity index is 1.75. The molecule has 5 nitrogen and oxygen atoms in total. The van der Waals surface area contributed by atoms with Gasteiger partial charge < -0.3 is 5.32 Å². The zero-order valence-electron chi connectivity index (χ0n) is 14.1. The highest BCUT2D eigenvalue weighted by Gasteiger charge is 2.37. The van der Waals surface area contributed by atoms with Crippen molar-refractivity contribution in [3.8, 4) is 0 Å². The first kappa shape index (κ1) is 18.2. The van der Waals surface area contributed by atoms with Gasteiger partial charge in [-0.2, -0.15) is 18.3 Å². The molecule has 1 heterocycles. The minimum Gasteiger partial charge on any atom is -0.350 e. The molecule has 0 spiro atoms. The molecule has 0 radical (unpaired) electrons. The molecule has 0 bridgehead atoms. The van der Waals surface area contributed by atoms with Crippen LogP contribution in [0.3, 0.4) is 0 Å². The van der Waals surface area contributed by atoms with E-state index < -0.39 is 29.8 Å². The van der Waals surface area contributed by atoms with Crippen molar-refractivity contribution in [2.75, 3.05) is 0 Å². The van der Waals surface area contributed by atoms with E-state index in [-0.39, 0.29) is 18.2 Å². The van der Waals surface area contributed by atoms with Crippen molar-refractivity contribution in [1.82, 2.24) is 15.1 Å². The van der Waals surface area contributed by atoms with Gasteiger partial charge in [-0.3, -0.25) is 9.59 Å². The van der Waals surface area contributed by atoms with Crippen LogP contribution in [0.4, 0.5) is 13.2 Å². The van der Waals surface area contributed by atoms with E-state index in [0.29, 0.717) is 4.68 Å². The number of halogens is 3. The summed E-state index contributed by atoms with van der Waals surface area (Å²) >= 11 is 0. The maximum Gasteiger partial charge on any atom is 0.421 e. The van der Waals surface area contributed by atoms with Gasteiger partial charge in [0.25, 0.3) is 5.56 Å². The standard InChI is InChI=1S/C18H18F3N3O2/c1-11-2-4-12(5-3-11)9-22-16(25)10-24-17(26)14(18(19,20)21)8-15(23-24)13-6-7-13/h2-5,8,13H,6-7,9-10H2,1H3,(H,22,25). The van der Waals surface area contributed by atoms with Crippen LogP contribution < -0.4 is 10.9 Å². The summed E-state index contributed by atoms with van der Waals surface area (Å²) in [5, 5.41) is 6.56. The molecule has 1 aliphatic rings. The van der Waals surface area contributed by atoms with Crippen LogP contribution in [-0.4, -0.2) is 15.7 Å². The van der Waals surface area contributed by atoms with E-state index in [2.05, 4.69) is 10.4 Å². The van der Waals surface area contributed by atoms with Crippen molar-refractivity contribution in [3.05, 3.63) is 63.1 Å². The lowest BCUT2D eigenvalue weighted by Gasteiger charge is -2.12. The van der Waals surface area contributed by atoms with Crippen molar-refractivity contribution >= 4 is 5.91 Å². The molecule has 0 unspecified atom stereocenters. The number of aryl methyl sites for hydroxylation is 1. The van der Waals surface area contributed by atoms with Gasteiger partial charge in [0.1, 0.15) is 12.1 Å². The molecule has 1 amide bonds. The second-order valence-corrected chi connectivity index (χ2v) is 6.48. The average molecular weight is 365 g/mol. The van der Waals surface area contributed by atoms with Gasteiger partial charge >= 0.3 is 6.18 Å². The predicted octanol–water partition coefficient (Wildman–Crippen LogP) is 2.76. The lowest BCUT2D eigenvalue weighted by atomic mass is 10.1. The minimum absolute atomic E-state index is 0.0708. The third-order valence-electron chi connectivity index (χ3n) is 4.20. The zero-order chi connectivity index (χ0) is 18.9. The molecule has 1 N–H and O–H groups in total. The van der Waals surface area contributed by atoms with Gasteiger partial charge in [0.05, 0.1) is 5.69 Å². The highest BCUT2D eigenvalue weighted by molar-refractivity contribution is 5.75. The monoisotopic (exact) mass is 365 g/mol. The Labute approximate surface area is 147 Å². The number of hydrogen-bond donors (Lipinski definition) is 1. The fourth-order valence-electron chi connectivity index (χ4n) is 2.55. The fraction of sp³-hybridized carbons (Fsp3) is 0.389. The Kier molecular flexibility index (Phi) is 4.84. The summed E-state index contributed by atoms with van der Waals surface area (Å²) in [5.41, 5.74) is -0.434. The number of carbonyl (C=O) groups is 1. The number of amides is 1. The molecule has 2 aromatic rings. The average Bonchev–Trinajstić information content (AvgIpc) is 3.40. The Hall–Kier alpha value is -2.64. The summed E-state index contributed by atoms with van der Waals surface area (Å²) in [6.07, 6.45) is -3.30. The lowest BCUT2D eigenvalue weighted by Crippen LogP contribution is -2.37. The summed E-state index contributed by atoms with van der Waals surface area (Å²) in [7, 11) is 0. The number of nitrogens with one attached hydrogen (secondary N) is 1. The Bertz CT molecular complexity index is 869. The van der Waals surface area contributed by atoms with E-state index in [4.69, 9.17) is 0 Å². The van der Waals surface area contributed by atoms with E-state index in [1.54, 1.807) is 0 Å². The molecule has 1 aromatic carbocycles. The molecule has 0 saturated heterocycles. The van der Waals surface area contributed by atoms with Crippen molar-refractivity contribution in [3.63, 3.8) is 0 Å². The van der Waals surface area contributed by atoms with E-state index >= 15 is 0 Å². The first-order valence-corrected chi connectivity index (χ1v) is 8.25. The summed E-state index contributed by atoms with van der Waals surface area (Å²) in [6, 6.07) is 8.27. The van der Waals surface area contributed by atoms with Crippen LogP contribution in [0.2, 0.25) is 0 Å². The second kappa shape index (κ2) is 6.93. The van der Waals surface area contributed by atoms with Crippen molar-refractivity contribution in [1.29, 1.82) is 0 Å². The summed E-state index contributed by atoms with van der Waals surface area (Å²) in [6.45, 7) is 1.61. The molecular formula is C18H18F3N3O2. The first-order chi connectivity index (χ1) is 12.2. The van der Waals surface area contributed by atoms with Gasteiger partial charge in [-0.25, -0.2) is 4.68 Å². The molecule has 1 fully saturated rings. The van der Waals surface area contributed by atoms with E-state index in [1.165, 1.54) is 0 Å². The predicted molar refractivity (Wildman–Crippen MR) is 88.5 cm³/mol. The Morgan fingerprint density at radius 1 is 1.27 bits per heavy atom. The minimum atomic E-state index is -4.77. The largest absolute Gasteiger partial charge is 0.421 e. The van der Waals surface area contributed by atoms with E-state index in [1.807, 2.05) is 31.2 Å². The zero-order valence-corrected chi connectivity index (χ0v) is 14.1. The van der Waals surface area contributed by atoms with E-state index in [9.17, 15) is 22.8 Å². The van der Waals surface area contributed by atoms with Gasteiger partial charge in [-0.15, -0.1) is 0 Å². The third kappa shape index (κ3) is 4.30. The number of carbonyl (C=O) groups excluding carboxylic acids is 1. The molecule has 0 atom stereocenters. The fourth-order valence-corrected chi connectivity index (χ4v) is 2.55. The van der Waals surface area contributed by atoms with Crippen LogP contribution in [0.25, 0.3) is 0 Å². The van der Waals surface area contributed by atoms with Gasteiger partial charge in [0, 0.05) is 12.5 Å². The van der Waals surface area contributed by atoms with Crippen LogP contribution in [0.15, 0.2) is 35.1 Å². The summed E-state index contributed by atoms with van der Waals surface area (Å²) < 4.78 is 39.9. The SMILES string of the molecule is Cc1ccc(CNC(=O)Cn2nc(C3CC3)cc(C(F)(F)F)c2=O)cc1. The third-order valence-corrected chi connectivity index (χ3v) is 4.20. The van der Waals surface area contributed by atoms with Crippen LogP contribution in [0.1, 0.15) is 41.1 Å². The number of alkyl halides is 3. The van der Waals surface area contributed by atoms with Gasteiger partial charge in [-0.1, -0.05) is 29.8 Å². The molecule has 1 aromatic heterocycles. The molecule has 138 valence electrons. The van der Waals surface area contributed by atoms with E-state index in [0.717, 1.165) is 30.0 Å². The topological polar surface area (TPSA) is 64.0 Å². The number of rotatable bonds is 5. The lowest BCUT2D eigenvalue weighted by molar-refractivity contribution is -0.139. The van der Waals surface area contributed by atoms with Crippen molar-refractivity contribution in [2.45, 2.75) is 44.9 Å². The van der Waals surface area contributed by atoms with Crippen LogP contribution in [0, 0.1) is 6.92 Å². The van der Waals surface area contributed by atoms with Crippen molar-refractivity contribution < 1.29 is 18.0 Å². The smallest absolute Gasteiger partial charge is 0.350 e.